The summed E-state index contributed by atoms with van der Waals surface area (Å²) in [5.41, 5.74) is 1.00. The van der Waals surface area contributed by atoms with Crippen molar-refractivity contribution >= 4 is 5.71 Å². The summed E-state index contributed by atoms with van der Waals surface area (Å²) in [5, 5.41) is 14.8. The van der Waals surface area contributed by atoms with Crippen molar-refractivity contribution in [2.45, 2.75) is 26.9 Å². The summed E-state index contributed by atoms with van der Waals surface area (Å²) in [6.45, 7) is 6.19. The number of hydrogen-bond donors (Lipinski definition) is 1. The van der Waals surface area contributed by atoms with E-state index in [0.29, 0.717) is 6.54 Å². The van der Waals surface area contributed by atoms with Gasteiger partial charge >= 0.3 is 0 Å². The Hall–Kier alpha value is -0.570. The van der Waals surface area contributed by atoms with Crippen LogP contribution in [0.3, 0.4) is 0 Å². The second-order valence-corrected chi connectivity index (χ2v) is 2.74. The maximum absolute atomic E-state index is 8.92. The van der Waals surface area contributed by atoms with Gasteiger partial charge in [-0.3, -0.25) is 5.01 Å². The molecule has 0 amide bonds. The van der Waals surface area contributed by atoms with Gasteiger partial charge in [-0.15, -0.1) is 0 Å². The third kappa shape index (κ3) is 5.56. The van der Waals surface area contributed by atoms with Gasteiger partial charge in [0.25, 0.3) is 0 Å². The van der Waals surface area contributed by atoms with E-state index >= 15 is 0 Å². The van der Waals surface area contributed by atoms with Gasteiger partial charge in [0.05, 0.1) is 12.6 Å². The van der Waals surface area contributed by atoms with Gasteiger partial charge in [0.2, 0.25) is 0 Å². The highest BCUT2D eigenvalue weighted by atomic mass is 16.3. The smallest absolute Gasteiger partial charge is 0.0703 e. The SMILES string of the molecule is CC(C)=NN(C)CC(C)O. The molecule has 0 aliphatic heterocycles. The first-order chi connectivity index (χ1) is 4.52. The van der Waals surface area contributed by atoms with Crippen molar-refractivity contribution in [1.82, 2.24) is 5.01 Å². The molecule has 0 aromatic carbocycles. The molecule has 0 aliphatic rings. The molecule has 0 aromatic rings. The predicted molar refractivity (Wildman–Crippen MR) is 43.1 cm³/mol. The van der Waals surface area contributed by atoms with Crippen molar-refractivity contribution in [3.63, 3.8) is 0 Å². The molecule has 0 radical (unpaired) electrons. The Morgan fingerprint density at radius 2 is 2.10 bits per heavy atom. The van der Waals surface area contributed by atoms with Gasteiger partial charge in [-0.1, -0.05) is 0 Å². The Morgan fingerprint density at radius 1 is 1.60 bits per heavy atom. The lowest BCUT2D eigenvalue weighted by Gasteiger charge is -2.14. The lowest BCUT2D eigenvalue weighted by atomic mass is 10.4. The molecule has 0 rings (SSSR count). The number of aliphatic hydroxyl groups is 1. The van der Waals surface area contributed by atoms with Crippen LogP contribution in [0.25, 0.3) is 0 Å². The Kier molecular flexibility index (Phi) is 4.03. The van der Waals surface area contributed by atoms with Crippen LogP contribution in [0.2, 0.25) is 0 Å². The normalized spacial score (nSPS) is 12.5. The third-order valence-corrected chi connectivity index (χ3v) is 0.899. The monoisotopic (exact) mass is 144 g/mol. The first kappa shape index (κ1) is 9.43. The van der Waals surface area contributed by atoms with E-state index in [-0.39, 0.29) is 6.10 Å². The van der Waals surface area contributed by atoms with Crippen molar-refractivity contribution in [3.05, 3.63) is 0 Å². The summed E-state index contributed by atoms with van der Waals surface area (Å²) < 4.78 is 0. The first-order valence-corrected chi connectivity index (χ1v) is 3.43. The van der Waals surface area contributed by atoms with E-state index in [1.54, 1.807) is 11.9 Å². The largest absolute Gasteiger partial charge is 0.392 e. The highest BCUT2D eigenvalue weighted by Gasteiger charge is 1.97. The van der Waals surface area contributed by atoms with Crippen LogP contribution in [-0.4, -0.2) is 35.5 Å². The lowest BCUT2D eigenvalue weighted by molar-refractivity contribution is 0.144. The van der Waals surface area contributed by atoms with E-state index in [1.165, 1.54) is 0 Å². The highest BCUT2D eigenvalue weighted by molar-refractivity contribution is 5.78. The van der Waals surface area contributed by atoms with Crippen LogP contribution < -0.4 is 0 Å². The van der Waals surface area contributed by atoms with E-state index < -0.39 is 0 Å². The van der Waals surface area contributed by atoms with E-state index in [4.69, 9.17) is 5.11 Å². The highest BCUT2D eigenvalue weighted by Crippen LogP contribution is 1.89. The fourth-order valence-corrected chi connectivity index (χ4v) is 0.765. The molecule has 1 N–H and O–H groups in total. The number of hydrazone groups is 1. The molecule has 0 saturated carbocycles. The Balaban J connectivity index is 3.64. The number of aliphatic hydroxyl groups excluding tert-OH is 1. The second-order valence-electron chi connectivity index (χ2n) is 2.74. The summed E-state index contributed by atoms with van der Waals surface area (Å²) in [6, 6.07) is 0. The standard InChI is InChI=1S/C7H16N2O/c1-6(2)8-9(4)5-7(3)10/h7,10H,5H2,1-4H3. The van der Waals surface area contributed by atoms with Crippen LogP contribution in [0.15, 0.2) is 5.10 Å². The van der Waals surface area contributed by atoms with Crippen LogP contribution in [0.1, 0.15) is 20.8 Å². The molecular formula is C7H16N2O. The Morgan fingerprint density at radius 3 is 2.40 bits per heavy atom. The van der Waals surface area contributed by atoms with Gasteiger partial charge in [0.1, 0.15) is 0 Å². The fraction of sp³-hybridized carbons (Fsp3) is 0.857. The lowest BCUT2D eigenvalue weighted by Crippen LogP contribution is -2.23. The van der Waals surface area contributed by atoms with Crippen molar-refractivity contribution in [1.29, 1.82) is 0 Å². The molecule has 0 aromatic heterocycles. The summed E-state index contributed by atoms with van der Waals surface area (Å²) in [6.07, 6.45) is -0.312. The molecule has 0 saturated heterocycles. The zero-order chi connectivity index (χ0) is 8.15. The van der Waals surface area contributed by atoms with Crippen molar-refractivity contribution < 1.29 is 5.11 Å². The molecule has 60 valence electrons. The van der Waals surface area contributed by atoms with Crippen LogP contribution in [0, 0.1) is 0 Å². The zero-order valence-corrected chi connectivity index (χ0v) is 7.13. The number of nitrogens with zero attached hydrogens (tertiary/aromatic N) is 2. The topological polar surface area (TPSA) is 35.8 Å². The zero-order valence-electron chi connectivity index (χ0n) is 7.13. The van der Waals surface area contributed by atoms with Crippen LogP contribution in [-0.2, 0) is 0 Å². The van der Waals surface area contributed by atoms with E-state index in [2.05, 4.69) is 5.10 Å². The summed E-state index contributed by atoms with van der Waals surface area (Å²) in [5.74, 6) is 0. The third-order valence-electron chi connectivity index (χ3n) is 0.899. The minimum Gasteiger partial charge on any atom is -0.392 e. The van der Waals surface area contributed by atoms with E-state index in [0.717, 1.165) is 5.71 Å². The predicted octanol–water partition coefficient (Wildman–Crippen LogP) is 0.695. The summed E-state index contributed by atoms with van der Waals surface area (Å²) in [4.78, 5) is 0. The molecule has 1 atom stereocenters. The second kappa shape index (κ2) is 4.28. The molecule has 0 spiro atoms. The first-order valence-electron chi connectivity index (χ1n) is 3.43. The molecule has 10 heavy (non-hydrogen) atoms. The minimum absolute atomic E-state index is 0.312. The molecule has 0 aliphatic carbocycles. The molecule has 3 heteroatoms. The van der Waals surface area contributed by atoms with Gasteiger partial charge in [-0.2, -0.15) is 5.10 Å². The Labute approximate surface area is 62.3 Å². The fourth-order valence-electron chi connectivity index (χ4n) is 0.765. The molecule has 1 unspecified atom stereocenters. The number of likely N-dealkylation sites (N-methyl/N-ethyl adjacent to an activating group) is 1. The quantitative estimate of drug-likeness (QED) is 0.467. The van der Waals surface area contributed by atoms with E-state index in [9.17, 15) is 0 Å². The van der Waals surface area contributed by atoms with Crippen LogP contribution in [0.4, 0.5) is 0 Å². The Bertz CT molecular complexity index is 117. The van der Waals surface area contributed by atoms with Gasteiger partial charge in [0, 0.05) is 12.8 Å². The summed E-state index contributed by atoms with van der Waals surface area (Å²) >= 11 is 0. The van der Waals surface area contributed by atoms with Gasteiger partial charge in [-0.05, 0) is 20.8 Å². The average Bonchev–Trinajstić information content (AvgIpc) is 1.58. The summed E-state index contributed by atoms with van der Waals surface area (Å²) in [7, 11) is 1.85. The maximum Gasteiger partial charge on any atom is 0.0703 e. The molecule has 3 nitrogen and oxygen atoms in total. The average molecular weight is 144 g/mol. The maximum atomic E-state index is 8.92. The van der Waals surface area contributed by atoms with E-state index in [1.807, 2.05) is 20.9 Å². The van der Waals surface area contributed by atoms with Crippen LogP contribution >= 0.6 is 0 Å². The number of rotatable bonds is 3. The van der Waals surface area contributed by atoms with Gasteiger partial charge < -0.3 is 5.11 Å². The molecular weight excluding hydrogens is 128 g/mol. The minimum atomic E-state index is -0.312. The molecule has 0 bridgehead atoms. The number of hydrogen-bond acceptors (Lipinski definition) is 3. The van der Waals surface area contributed by atoms with Gasteiger partial charge in [-0.25, -0.2) is 0 Å². The van der Waals surface area contributed by atoms with Gasteiger partial charge in [0.15, 0.2) is 0 Å². The molecule has 0 fully saturated rings. The van der Waals surface area contributed by atoms with Crippen molar-refractivity contribution in [3.8, 4) is 0 Å². The molecule has 0 heterocycles. The van der Waals surface area contributed by atoms with Crippen molar-refractivity contribution in [2.75, 3.05) is 13.6 Å². The van der Waals surface area contributed by atoms with Crippen molar-refractivity contribution in [2.24, 2.45) is 5.10 Å². The van der Waals surface area contributed by atoms with Crippen LogP contribution in [0.5, 0.6) is 0 Å².